The first kappa shape index (κ1) is 29.5. The van der Waals surface area contributed by atoms with E-state index in [0.717, 1.165) is 11.1 Å². The molecule has 8 nitrogen and oxygen atoms in total. The van der Waals surface area contributed by atoms with E-state index in [-0.39, 0.29) is 40.3 Å². The summed E-state index contributed by atoms with van der Waals surface area (Å²) in [7, 11) is 1.08. The number of rotatable bonds is 6. The van der Waals surface area contributed by atoms with Crippen molar-refractivity contribution in [2.45, 2.75) is 70.0 Å². The summed E-state index contributed by atoms with van der Waals surface area (Å²) < 4.78 is 19.1. The van der Waals surface area contributed by atoms with Crippen molar-refractivity contribution in [2.24, 2.45) is 11.8 Å². The zero-order valence-corrected chi connectivity index (χ0v) is 26.9. The van der Waals surface area contributed by atoms with Crippen LogP contribution in [0.1, 0.15) is 66.0 Å². The number of hydrogen-bond donors (Lipinski definition) is 1. The van der Waals surface area contributed by atoms with E-state index in [4.69, 9.17) is 13.7 Å². The van der Waals surface area contributed by atoms with Crippen molar-refractivity contribution < 1.29 is 28.4 Å². The number of hydrogen-bond acceptors (Lipinski definition) is 8. The Morgan fingerprint density at radius 2 is 1.72 bits per heavy atom. The van der Waals surface area contributed by atoms with Crippen molar-refractivity contribution in [3.63, 3.8) is 0 Å². The number of carbonyl (C=O) groups is 2. The minimum Gasteiger partial charge on any atom is -0.507 e. The first-order valence-electron chi connectivity index (χ1n) is 14.9. The molecule has 0 unspecified atom stereocenters. The smallest absolute Gasteiger partial charge is 0.265 e. The highest BCUT2D eigenvalue weighted by Crippen LogP contribution is 2.58. The summed E-state index contributed by atoms with van der Waals surface area (Å²) in [6, 6.07) is 16.7. The number of fused-ring (bicyclic) bond motifs is 4. The van der Waals surface area contributed by atoms with Gasteiger partial charge in [-0.2, -0.15) is 0 Å². The highest BCUT2D eigenvalue weighted by Gasteiger charge is 2.68. The molecular weight excluding hydrogens is 560 g/mol. The van der Waals surface area contributed by atoms with E-state index in [1.165, 1.54) is 0 Å². The Labute approximate surface area is 253 Å². The third-order valence-corrected chi connectivity index (χ3v) is 14.4. The second-order valence-corrected chi connectivity index (χ2v) is 18.6. The molecule has 43 heavy (non-hydrogen) atoms. The molecule has 0 aliphatic heterocycles. The summed E-state index contributed by atoms with van der Waals surface area (Å²) in [4.78, 5) is 32.1. The molecule has 0 saturated heterocycles. The Morgan fingerprint density at radius 1 is 1.05 bits per heavy atom. The number of aliphatic hydroxyl groups excluding tert-OH is 1. The van der Waals surface area contributed by atoms with Gasteiger partial charge in [0.2, 0.25) is 11.6 Å². The number of aliphatic hydroxyl groups is 1. The Morgan fingerprint density at radius 3 is 2.40 bits per heavy atom. The largest absolute Gasteiger partial charge is 0.507 e. The molecule has 0 spiro atoms. The first-order chi connectivity index (χ1) is 20.3. The van der Waals surface area contributed by atoms with Crippen LogP contribution in [0.4, 0.5) is 0 Å². The zero-order chi connectivity index (χ0) is 30.9. The van der Waals surface area contributed by atoms with Crippen LogP contribution in [0.15, 0.2) is 64.7 Å². The lowest BCUT2D eigenvalue weighted by atomic mass is 9.57. The normalized spacial score (nSPS) is 25.3. The third-order valence-electron chi connectivity index (χ3n) is 9.94. The molecule has 0 amide bonds. The van der Waals surface area contributed by atoms with Gasteiger partial charge in [-0.05, 0) is 67.3 Å². The number of aromatic nitrogens is 1. The van der Waals surface area contributed by atoms with Gasteiger partial charge in [-0.1, -0.05) is 75.4 Å². The SMILES string of the molecule is CN(C)[C@@H]1c2onc(OCc3ccccc3)c2C(=O)[C@@]2(O[Si](C)(C)C(C)(C)C)C(=O)C3=C(O)c4ccccc4C[C@H]3C[C@@H]12. The Bertz CT molecular complexity index is 1620. The molecule has 1 heterocycles. The highest BCUT2D eigenvalue weighted by molar-refractivity contribution is 6.74. The van der Waals surface area contributed by atoms with Crippen LogP contribution in [0.2, 0.25) is 18.1 Å². The molecule has 3 aliphatic carbocycles. The minimum atomic E-state index is -2.75. The van der Waals surface area contributed by atoms with Crippen molar-refractivity contribution in [2.75, 3.05) is 14.1 Å². The Hall–Kier alpha value is -3.53. The minimum absolute atomic E-state index is 0.0504. The van der Waals surface area contributed by atoms with Crippen molar-refractivity contribution in [1.29, 1.82) is 0 Å². The quantitative estimate of drug-likeness (QED) is 0.251. The monoisotopic (exact) mass is 600 g/mol. The molecule has 226 valence electrons. The van der Waals surface area contributed by atoms with Gasteiger partial charge in [-0.25, -0.2) is 0 Å². The molecule has 2 aromatic carbocycles. The molecule has 1 aromatic heterocycles. The van der Waals surface area contributed by atoms with Gasteiger partial charge in [0.25, 0.3) is 5.88 Å². The zero-order valence-electron chi connectivity index (χ0n) is 25.9. The van der Waals surface area contributed by atoms with Gasteiger partial charge in [0.05, 0.1) is 6.04 Å². The van der Waals surface area contributed by atoms with E-state index in [0.29, 0.717) is 24.2 Å². The van der Waals surface area contributed by atoms with Crippen LogP contribution >= 0.6 is 0 Å². The van der Waals surface area contributed by atoms with Gasteiger partial charge in [-0.15, -0.1) is 0 Å². The van der Waals surface area contributed by atoms with Crippen molar-refractivity contribution in [3.8, 4) is 5.88 Å². The maximum absolute atomic E-state index is 15.1. The van der Waals surface area contributed by atoms with Crippen molar-refractivity contribution >= 4 is 25.6 Å². The third kappa shape index (κ3) is 4.51. The fraction of sp³-hybridized carbons (Fsp3) is 0.441. The molecule has 1 N–H and O–H groups in total. The fourth-order valence-corrected chi connectivity index (χ4v) is 8.25. The molecule has 0 radical (unpaired) electrons. The van der Waals surface area contributed by atoms with Crippen LogP contribution in [0.5, 0.6) is 5.88 Å². The number of benzene rings is 2. The summed E-state index contributed by atoms with van der Waals surface area (Å²) >= 11 is 0. The number of Topliss-reactive ketones (excluding diaryl/α,β-unsaturated/α-hetero) is 2. The average molecular weight is 601 g/mol. The molecule has 9 heteroatoms. The predicted molar refractivity (Wildman–Crippen MR) is 165 cm³/mol. The van der Waals surface area contributed by atoms with Gasteiger partial charge in [-0.3, -0.25) is 14.5 Å². The summed E-state index contributed by atoms with van der Waals surface area (Å²) in [5.41, 5.74) is 1.09. The van der Waals surface area contributed by atoms with Crippen molar-refractivity contribution in [3.05, 3.63) is 88.2 Å². The fourth-order valence-electron chi connectivity index (χ4n) is 6.80. The lowest BCUT2D eigenvalue weighted by molar-refractivity contribution is -0.140. The van der Waals surface area contributed by atoms with E-state index in [1.54, 1.807) is 0 Å². The van der Waals surface area contributed by atoms with Gasteiger partial charge in [0.1, 0.15) is 17.9 Å². The molecule has 0 bridgehead atoms. The summed E-state index contributed by atoms with van der Waals surface area (Å²) in [6.07, 6.45) is 1.06. The van der Waals surface area contributed by atoms with Gasteiger partial charge < -0.3 is 18.8 Å². The van der Waals surface area contributed by atoms with E-state index >= 15 is 9.59 Å². The average Bonchev–Trinajstić information content (AvgIpc) is 3.36. The summed E-state index contributed by atoms with van der Waals surface area (Å²) in [5.74, 6) is -1.40. The van der Waals surface area contributed by atoms with E-state index in [1.807, 2.05) is 73.6 Å². The Balaban J connectivity index is 1.56. The molecule has 3 aromatic rings. The molecule has 1 saturated carbocycles. The van der Waals surface area contributed by atoms with Gasteiger partial charge >= 0.3 is 0 Å². The second kappa shape index (κ2) is 10.3. The lowest BCUT2D eigenvalue weighted by Crippen LogP contribution is -2.68. The molecule has 6 rings (SSSR count). The summed E-state index contributed by atoms with van der Waals surface area (Å²) in [6.45, 7) is 10.5. The van der Waals surface area contributed by atoms with Crippen LogP contribution in [0.3, 0.4) is 0 Å². The maximum Gasteiger partial charge on any atom is 0.265 e. The number of ether oxygens (including phenoxy) is 1. The maximum atomic E-state index is 15.1. The van der Waals surface area contributed by atoms with E-state index in [9.17, 15) is 5.11 Å². The van der Waals surface area contributed by atoms with Crippen molar-refractivity contribution in [1.82, 2.24) is 10.1 Å². The standard InChI is InChI=1S/C34H40N2O6Si/c1-33(2,3)43(6,7)42-34-24(18-22-17-21-15-11-12-16-23(21)28(37)25(22)30(34)38)27(36(4)5)29-26(31(34)39)32(35-41-29)40-19-20-13-9-8-10-14-20/h8-16,22,24,27,37H,17-19H2,1-7H3/t22-,24-,27-,34-/m0/s1. The molecule has 3 aliphatic rings. The van der Waals surface area contributed by atoms with Gasteiger partial charge in [0, 0.05) is 17.1 Å². The van der Waals surface area contributed by atoms with E-state index in [2.05, 4.69) is 39.0 Å². The van der Waals surface area contributed by atoms with Crippen LogP contribution in [0, 0.1) is 11.8 Å². The molecular formula is C34H40N2O6Si. The molecule has 1 fully saturated rings. The number of ketones is 2. The first-order valence-corrected chi connectivity index (χ1v) is 17.8. The van der Waals surface area contributed by atoms with Crippen LogP contribution < -0.4 is 4.74 Å². The topological polar surface area (TPSA) is 102 Å². The van der Waals surface area contributed by atoms with Gasteiger partial charge in [0.15, 0.2) is 19.7 Å². The second-order valence-electron chi connectivity index (χ2n) is 13.8. The predicted octanol–water partition coefficient (Wildman–Crippen LogP) is 6.54. The highest BCUT2D eigenvalue weighted by atomic mass is 28.4. The Kier molecular flexibility index (Phi) is 7.06. The molecule has 4 atom stereocenters. The van der Waals surface area contributed by atoms with E-state index < -0.39 is 37.4 Å². The number of carbonyl (C=O) groups excluding carboxylic acids is 2. The summed E-state index contributed by atoms with van der Waals surface area (Å²) in [5, 5.41) is 15.5. The van der Waals surface area contributed by atoms with Crippen LogP contribution in [-0.4, -0.2) is 54.7 Å². The number of nitrogens with zero attached hydrogens (tertiary/aromatic N) is 2. The van der Waals surface area contributed by atoms with Crippen LogP contribution in [-0.2, 0) is 22.2 Å². The lowest BCUT2D eigenvalue weighted by Gasteiger charge is -2.55. The van der Waals surface area contributed by atoms with Crippen LogP contribution in [0.25, 0.3) is 5.76 Å².